The maximum Gasteiger partial charge on any atom is 0.352 e. The molecule has 6 aliphatic rings. The molecule has 8 nitrogen and oxygen atoms in total. The number of ketones is 1. The van der Waals surface area contributed by atoms with Gasteiger partial charge in [0.2, 0.25) is 5.91 Å². The molecule has 2 N–H and O–H groups in total. The van der Waals surface area contributed by atoms with Crippen molar-refractivity contribution >= 4 is 23.2 Å². The molecular weight excluding hydrogens is 506 g/mol. The van der Waals surface area contributed by atoms with Crippen LogP contribution in [0, 0.1) is 5.92 Å². The Balaban J connectivity index is 1.17. The molecule has 0 radical (unpaired) electrons. The minimum atomic E-state index is -1.16. The number of carboxylic acids is 1. The number of fused-ring (bicyclic) bond motifs is 7. The number of carboxylic acid groups (broad SMARTS) is 1. The quantitative estimate of drug-likeness (QED) is 0.353. The lowest BCUT2D eigenvalue weighted by Gasteiger charge is -2.55. The van der Waals surface area contributed by atoms with Crippen molar-refractivity contribution in [3.05, 3.63) is 64.3 Å². The van der Waals surface area contributed by atoms with Gasteiger partial charge in [0.25, 0.3) is 0 Å². The van der Waals surface area contributed by atoms with Gasteiger partial charge in [0.1, 0.15) is 51.5 Å². The lowest BCUT2D eigenvalue weighted by Crippen LogP contribution is -2.74. The number of aliphatic hydroxyl groups excluding tert-OH is 1. The van der Waals surface area contributed by atoms with Gasteiger partial charge in [-0.05, 0) is 60.2 Å². The molecule has 5 heterocycles. The molecule has 0 unspecified atom stereocenters. The molecule has 2 aromatic carbocycles. The Morgan fingerprint density at radius 2 is 1.62 bits per heavy atom. The third-order valence-corrected chi connectivity index (χ3v) is 10.5. The van der Waals surface area contributed by atoms with Crippen LogP contribution in [-0.4, -0.2) is 99.7 Å². The Bertz CT molecular complexity index is 1480. The summed E-state index contributed by atoms with van der Waals surface area (Å²) in [6.07, 6.45) is 0.756. The minimum Gasteiger partial charge on any atom is -0.477 e. The van der Waals surface area contributed by atoms with Crippen LogP contribution in [0.2, 0.25) is 0 Å². The number of benzene rings is 2. The third-order valence-electron chi connectivity index (χ3n) is 10.5. The number of aliphatic hydroxyl groups is 1. The molecular formula is C32H37N3O5+2. The van der Waals surface area contributed by atoms with Crippen molar-refractivity contribution in [3.63, 3.8) is 0 Å². The van der Waals surface area contributed by atoms with Crippen molar-refractivity contribution in [2.75, 3.05) is 45.8 Å². The SMILES string of the molecule is CCC[N+]12CC[N+](Cc3ccc4c(c3)-c3ccc(C5=C(C(=O)O)N6C(=O)[C@H]([C@@H](C)O)[C@H]6C5)cc3C4=O)(CC1)CC2. The van der Waals surface area contributed by atoms with Gasteiger partial charge in [-0.1, -0.05) is 25.1 Å². The standard InChI is InChI=1S/C32H36N3O5/c1-3-8-34-9-12-35(13-10-34,14-11-34)18-20-4-6-23-25(15-20)22-7-5-21(16-26(22)30(23)37)24-17-27-28(19(2)36)31(38)33(27)29(24)32(39)40/h4-7,15-16,19,27-28,36H,3,8-14,17-18H2,1-2H3/q+1/p+1/t19-,27-,28-,34?,35?/m1/s1. The normalized spacial score (nSPS) is 30.7. The van der Waals surface area contributed by atoms with Gasteiger partial charge in [-0.2, -0.15) is 0 Å². The number of hydrogen-bond donors (Lipinski definition) is 2. The van der Waals surface area contributed by atoms with Gasteiger partial charge >= 0.3 is 5.97 Å². The van der Waals surface area contributed by atoms with E-state index in [-0.39, 0.29) is 23.4 Å². The molecule has 1 aliphatic carbocycles. The average Bonchev–Trinajstić information content (AvgIpc) is 3.42. The zero-order valence-corrected chi connectivity index (χ0v) is 23.2. The summed E-state index contributed by atoms with van der Waals surface area (Å²) in [5.41, 5.74) is 5.55. The van der Waals surface area contributed by atoms with Gasteiger partial charge in [-0.3, -0.25) is 9.59 Å². The van der Waals surface area contributed by atoms with E-state index in [4.69, 9.17) is 0 Å². The predicted molar refractivity (Wildman–Crippen MR) is 149 cm³/mol. The summed E-state index contributed by atoms with van der Waals surface area (Å²) in [6.45, 7) is 13.6. The molecule has 4 saturated heterocycles. The summed E-state index contributed by atoms with van der Waals surface area (Å²) in [5.74, 6) is -2.16. The molecule has 0 spiro atoms. The molecule has 2 bridgehead atoms. The molecule has 208 valence electrons. The van der Waals surface area contributed by atoms with Crippen LogP contribution in [0.25, 0.3) is 16.7 Å². The molecule has 2 aromatic rings. The fourth-order valence-electron chi connectivity index (χ4n) is 8.32. The summed E-state index contributed by atoms with van der Waals surface area (Å²) in [5, 5.41) is 20.0. The van der Waals surface area contributed by atoms with Gasteiger partial charge < -0.3 is 24.1 Å². The number of nitrogens with zero attached hydrogens (tertiary/aromatic N) is 3. The van der Waals surface area contributed by atoms with E-state index < -0.39 is 18.0 Å². The summed E-state index contributed by atoms with van der Waals surface area (Å²) in [4.78, 5) is 39.6. The zero-order chi connectivity index (χ0) is 28.0. The van der Waals surface area contributed by atoms with Crippen LogP contribution >= 0.6 is 0 Å². The summed E-state index contributed by atoms with van der Waals surface area (Å²) >= 11 is 0. The lowest BCUT2D eigenvalue weighted by atomic mass is 9.82. The van der Waals surface area contributed by atoms with Crippen molar-refractivity contribution in [2.45, 2.75) is 45.4 Å². The first-order valence-corrected chi connectivity index (χ1v) is 14.7. The number of rotatable bonds is 7. The monoisotopic (exact) mass is 543 g/mol. The summed E-state index contributed by atoms with van der Waals surface area (Å²) in [7, 11) is 0. The Morgan fingerprint density at radius 3 is 2.27 bits per heavy atom. The topological polar surface area (TPSA) is 94.9 Å². The maximum atomic E-state index is 13.5. The largest absolute Gasteiger partial charge is 0.477 e. The van der Waals surface area contributed by atoms with E-state index in [2.05, 4.69) is 19.1 Å². The predicted octanol–water partition coefficient (Wildman–Crippen LogP) is 2.88. The number of amides is 1. The van der Waals surface area contributed by atoms with Gasteiger partial charge in [-0.15, -0.1) is 0 Å². The van der Waals surface area contributed by atoms with Crippen molar-refractivity contribution < 1.29 is 33.6 Å². The van der Waals surface area contributed by atoms with Crippen molar-refractivity contribution in [1.82, 2.24) is 4.90 Å². The van der Waals surface area contributed by atoms with Crippen LogP contribution in [-0.2, 0) is 16.1 Å². The number of aliphatic carboxylic acids is 1. The molecule has 0 aromatic heterocycles. The fraction of sp³-hybridized carbons (Fsp3) is 0.469. The Hall–Kier alpha value is -3.33. The molecule has 5 aliphatic heterocycles. The second-order valence-corrected chi connectivity index (χ2v) is 12.8. The number of quaternary nitrogens is 2. The lowest BCUT2D eigenvalue weighted by molar-refractivity contribution is -1.09. The number of carbonyl (C=O) groups excluding carboxylic acids is 2. The Morgan fingerprint density at radius 1 is 0.950 bits per heavy atom. The van der Waals surface area contributed by atoms with E-state index in [1.165, 1.54) is 67.2 Å². The van der Waals surface area contributed by atoms with Gasteiger partial charge in [0.15, 0.2) is 5.78 Å². The van der Waals surface area contributed by atoms with Crippen LogP contribution < -0.4 is 0 Å². The summed E-state index contributed by atoms with van der Waals surface area (Å²) < 4.78 is 2.43. The first-order valence-electron chi connectivity index (χ1n) is 14.7. The third kappa shape index (κ3) is 3.59. The van der Waals surface area contributed by atoms with Crippen molar-refractivity contribution in [3.8, 4) is 11.1 Å². The molecule has 1 amide bonds. The molecule has 8 heteroatoms. The molecule has 40 heavy (non-hydrogen) atoms. The first kappa shape index (κ1) is 25.6. The zero-order valence-electron chi connectivity index (χ0n) is 23.2. The van der Waals surface area contributed by atoms with E-state index in [0.717, 1.165) is 22.2 Å². The van der Waals surface area contributed by atoms with Crippen LogP contribution in [0.5, 0.6) is 0 Å². The molecule has 0 saturated carbocycles. The van der Waals surface area contributed by atoms with Crippen molar-refractivity contribution in [2.24, 2.45) is 5.92 Å². The maximum absolute atomic E-state index is 13.5. The van der Waals surface area contributed by atoms with Crippen LogP contribution in [0.4, 0.5) is 0 Å². The molecule has 8 rings (SSSR count). The minimum absolute atomic E-state index is 0.0318. The molecule has 3 atom stereocenters. The van der Waals surface area contributed by atoms with Gasteiger partial charge in [0.05, 0.1) is 24.6 Å². The van der Waals surface area contributed by atoms with E-state index in [0.29, 0.717) is 28.7 Å². The van der Waals surface area contributed by atoms with Gasteiger partial charge in [0, 0.05) is 16.7 Å². The highest BCUT2D eigenvalue weighted by molar-refractivity contribution is 6.22. The van der Waals surface area contributed by atoms with Crippen molar-refractivity contribution in [1.29, 1.82) is 0 Å². The second-order valence-electron chi connectivity index (χ2n) is 12.8. The number of hydrogen-bond acceptors (Lipinski definition) is 4. The smallest absolute Gasteiger partial charge is 0.352 e. The second kappa shape index (κ2) is 8.83. The number of β-lactam (4-membered cyclic amide) rings is 1. The van der Waals surface area contributed by atoms with E-state index >= 15 is 0 Å². The number of piperazine rings is 3. The van der Waals surface area contributed by atoms with Gasteiger partial charge in [-0.25, -0.2) is 4.79 Å². The highest BCUT2D eigenvalue weighted by Crippen LogP contribution is 2.48. The highest BCUT2D eigenvalue weighted by Gasteiger charge is 2.57. The van der Waals surface area contributed by atoms with Crippen LogP contribution in [0.15, 0.2) is 42.1 Å². The Labute approximate surface area is 234 Å². The van der Waals surface area contributed by atoms with Crippen LogP contribution in [0.3, 0.4) is 0 Å². The molecule has 4 fully saturated rings. The van der Waals surface area contributed by atoms with E-state index in [1.54, 1.807) is 13.0 Å². The Kier molecular flexibility index (Phi) is 5.66. The highest BCUT2D eigenvalue weighted by atomic mass is 16.4. The fourth-order valence-corrected chi connectivity index (χ4v) is 8.32. The van der Waals surface area contributed by atoms with E-state index in [1.807, 2.05) is 18.2 Å². The number of carbonyl (C=O) groups is 3. The summed E-state index contributed by atoms with van der Waals surface area (Å²) in [6, 6.07) is 11.5. The van der Waals surface area contributed by atoms with E-state index in [9.17, 15) is 24.6 Å². The first-order chi connectivity index (χ1) is 19.2. The van der Waals surface area contributed by atoms with Crippen LogP contribution in [0.1, 0.15) is 53.7 Å². The average molecular weight is 544 g/mol.